The Morgan fingerprint density at radius 3 is 2.69 bits per heavy atom. The molecule has 0 bridgehead atoms. The molecule has 0 N–H and O–H groups in total. The number of rotatable bonds is 2. The second-order valence-electron chi connectivity index (χ2n) is 3.65. The molecule has 0 amide bonds. The first-order valence-electron chi connectivity index (χ1n) is 5.11. The van der Waals surface area contributed by atoms with Crippen molar-refractivity contribution in [3.05, 3.63) is 35.9 Å². The first-order valence-corrected chi connectivity index (χ1v) is 5.11. The van der Waals surface area contributed by atoms with Crippen LogP contribution in [0.5, 0.6) is 0 Å². The van der Waals surface area contributed by atoms with E-state index in [0.717, 1.165) is 5.56 Å². The average Bonchev–Trinajstić information content (AvgIpc) is 2.71. The maximum atomic E-state index is 11.6. The lowest BCUT2D eigenvalue weighted by Crippen LogP contribution is -2.30. The zero-order valence-corrected chi connectivity index (χ0v) is 9.21. The number of carbonyl (C=O) groups is 1. The van der Waals surface area contributed by atoms with Gasteiger partial charge in [0.15, 0.2) is 0 Å². The van der Waals surface area contributed by atoms with Crippen molar-refractivity contribution in [1.29, 1.82) is 0 Å². The van der Waals surface area contributed by atoms with E-state index in [-0.39, 0.29) is 12.1 Å². The third-order valence-corrected chi connectivity index (χ3v) is 2.61. The van der Waals surface area contributed by atoms with Crippen LogP contribution in [0.3, 0.4) is 0 Å². The number of carbonyl (C=O) groups excluding carboxylic acids is 1. The molecule has 0 unspecified atom stereocenters. The Morgan fingerprint density at radius 2 is 2.06 bits per heavy atom. The van der Waals surface area contributed by atoms with Crippen molar-refractivity contribution >= 4 is 11.7 Å². The summed E-state index contributed by atoms with van der Waals surface area (Å²) >= 11 is 0. The molecule has 2 rings (SSSR count). The SMILES string of the molecule is COC(=O)[C@H]1C(c2ccccc2)=NO[C@@H]1C. The van der Waals surface area contributed by atoms with Gasteiger partial charge in [0.2, 0.25) is 0 Å². The molecular formula is C12H13NO3. The minimum absolute atomic E-state index is 0.275. The molecule has 16 heavy (non-hydrogen) atoms. The Labute approximate surface area is 93.9 Å². The van der Waals surface area contributed by atoms with Crippen LogP contribution in [0.1, 0.15) is 12.5 Å². The summed E-state index contributed by atoms with van der Waals surface area (Å²) in [7, 11) is 1.37. The topological polar surface area (TPSA) is 47.9 Å². The minimum atomic E-state index is -0.438. The van der Waals surface area contributed by atoms with Gasteiger partial charge in [-0.05, 0) is 6.92 Å². The molecular weight excluding hydrogens is 206 g/mol. The fraction of sp³-hybridized carbons (Fsp3) is 0.333. The van der Waals surface area contributed by atoms with Crippen molar-refractivity contribution in [3.63, 3.8) is 0 Å². The van der Waals surface area contributed by atoms with E-state index < -0.39 is 5.92 Å². The first kappa shape index (κ1) is 10.7. The third-order valence-electron chi connectivity index (χ3n) is 2.61. The Balaban J connectivity index is 2.31. The van der Waals surface area contributed by atoms with Crippen LogP contribution >= 0.6 is 0 Å². The zero-order valence-electron chi connectivity index (χ0n) is 9.21. The Kier molecular flexibility index (Phi) is 2.90. The normalized spacial score (nSPS) is 23.5. The molecule has 0 aromatic heterocycles. The fourth-order valence-corrected chi connectivity index (χ4v) is 1.75. The molecule has 0 saturated carbocycles. The average molecular weight is 219 g/mol. The van der Waals surface area contributed by atoms with Crippen LogP contribution in [0.4, 0.5) is 0 Å². The molecule has 2 atom stereocenters. The van der Waals surface area contributed by atoms with Crippen LogP contribution < -0.4 is 0 Å². The van der Waals surface area contributed by atoms with Crippen molar-refractivity contribution in [3.8, 4) is 0 Å². The molecule has 0 aliphatic carbocycles. The molecule has 0 saturated heterocycles. The molecule has 0 fully saturated rings. The zero-order chi connectivity index (χ0) is 11.5. The second kappa shape index (κ2) is 4.35. The number of hydrogen-bond acceptors (Lipinski definition) is 4. The van der Waals surface area contributed by atoms with E-state index in [2.05, 4.69) is 5.16 Å². The lowest BCUT2D eigenvalue weighted by molar-refractivity contribution is -0.145. The summed E-state index contributed by atoms with van der Waals surface area (Å²) in [5, 5.41) is 3.95. The van der Waals surface area contributed by atoms with E-state index in [9.17, 15) is 4.79 Å². The number of oxime groups is 1. The van der Waals surface area contributed by atoms with E-state index in [1.165, 1.54) is 7.11 Å². The van der Waals surface area contributed by atoms with Gasteiger partial charge in [-0.25, -0.2) is 0 Å². The standard InChI is InChI=1S/C12H13NO3/c1-8-10(12(14)15-2)11(13-16-8)9-6-4-3-5-7-9/h3-8,10H,1-2H3/t8-,10-/m1/s1. The van der Waals surface area contributed by atoms with Gasteiger partial charge in [-0.2, -0.15) is 0 Å². The molecule has 1 aliphatic heterocycles. The summed E-state index contributed by atoms with van der Waals surface area (Å²) in [4.78, 5) is 16.8. The largest absolute Gasteiger partial charge is 0.468 e. The Hall–Kier alpha value is -1.84. The molecule has 0 radical (unpaired) electrons. The lowest BCUT2D eigenvalue weighted by atomic mass is 9.93. The summed E-state index contributed by atoms with van der Waals surface area (Å²) < 4.78 is 4.76. The molecule has 1 heterocycles. The maximum absolute atomic E-state index is 11.6. The minimum Gasteiger partial charge on any atom is -0.468 e. The van der Waals surface area contributed by atoms with Crippen LogP contribution in [0, 0.1) is 5.92 Å². The number of ether oxygens (including phenoxy) is 1. The van der Waals surface area contributed by atoms with Gasteiger partial charge < -0.3 is 9.57 Å². The number of benzene rings is 1. The van der Waals surface area contributed by atoms with Gasteiger partial charge in [0.1, 0.15) is 17.7 Å². The summed E-state index contributed by atoms with van der Waals surface area (Å²) in [6.45, 7) is 1.81. The quantitative estimate of drug-likeness (QED) is 0.710. The molecule has 1 aromatic carbocycles. The Bertz CT molecular complexity index is 414. The predicted molar refractivity (Wildman–Crippen MR) is 59.0 cm³/mol. The molecule has 4 heteroatoms. The highest BCUT2D eigenvalue weighted by Crippen LogP contribution is 2.23. The van der Waals surface area contributed by atoms with Crippen LogP contribution in [-0.4, -0.2) is 24.9 Å². The number of nitrogens with zero attached hydrogens (tertiary/aromatic N) is 1. The molecule has 0 spiro atoms. The monoisotopic (exact) mass is 219 g/mol. The second-order valence-corrected chi connectivity index (χ2v) is 3.65. The molecule has 1 aromatic rings. The van der Waals surface area contributed by atoms with Gasteiger partial charge >= 0.3 is 5.97 Å². The van der Waals surface area contributed by atoms with E-state index >= 15 is 0 Å². The summed E-state index contributed by atoms with van der Waals surface area (Å²) in [6.07, 6.45) is -0.275. The summed E-state index contributed by atoms with van der Waals surface area (Å²) in [5.41, 5.74) is 1.53. The van der Waals surface area contributed by atoms with Gasteiger partial charge in [0, 0.05) is 5.56 Å². The van der Waals surface area contributed by atoms with Crippen molar-refractivity contribution in [2.75, 3.05) is 7.11 Å². The number of hydrogen-bond donors (Lipinski definition) is 0. The van der Waals surface area contributed by atoms with Crippen molar-refractivity contribution in [2.45, 2.75) is 13.0 Å². The first-order chi connectivity index (χ1) is 7.74. The molecule has 84 valence electrons. The summed E-state index contributed by atoms with van der Waals surface area (Å²) in [5.74, 6) is -0.750. The van der Waals surface area contributed by atoms with E-state index in [1.54, 1.807) is 6.92 Å². The van der Waals surface area contributed by atoms with E-state index in [4.69, 9.17) is 9.57 Å². The highest BCUT2D eigenvalue weighted by molar-refractivity contribution is 6.12. The van der Waals surface area contributed by atoms with Gasteiger partial charge in [-0.3, -0.25) is 4.79 Å². The van der Waals surface area contributed by atoms with E-state index in [0.29, 0.717) is 5.71 Å². The van der Waals surface area contributed by atoms with Crippen molar-refractivity contribution in [2.24, 2.45) is 11.1 Å². The van der Waals surface area contributed by atoms with E-state index in [1.807, 2.05) is 30.3 Å². The number of esters is 1. The number of methoxy groups -OCH3 is 1. The van der Waals surface area contributed by atoms with Gasteiger partial charge in [-0.1, -0.05) is 35.5 Å². The lowest BCUT2D eigenvalue weighted by Gasteiger charge is -2.12. The van der Waals surface area contributed by atoms with Gasteiger partial charge in [0.25, 0.3) is 0 Å². The van der Waals surface area contributed by atoms with Gasteiger partial charge in [-0.15, -0.1) is 0 Å². The van der Waals surface area contributed by atoms with Crippen LogP contribution in [-0.2, 0) is 14.4 Å². The van der Waals surface area contributed by atoms with Crippen molar-refractivity contribution in [1.82, 2.24) is 0 Å². The third kappa shape index (κ3) is 1.78. The predicted octanol–water partition coefficient (Wildman–Crippen LogP) is 1.60. The van der Waals surface area contributed by atoms with Crippen LogP contribution in [0.15, 0.2) is 35.5 Å². The Morgan fingerprint density at radius 1 is 1.38 bits per heavy atom. The maximum Gasteiger partial charge on any atom is 0.318 e. The molecule has 4 nitrogen and oxygen atoms in total. The van der Waals surface area contributed by atoms with Crippen LogP contribution in [0.2, 0.25) is 0 Å². The fourth-order valence-electron chi connectivity index (χ4n) is 1.75. The van der Waals surface area contributed by atoms with Crippen LogP contribution in [0.25, 0.3) is 0 Å². The van der Waals surface area contributed by atoms with Crippen molar-refractivity contribution < 1.29 is 14.4 Å². The highest BCUT2D eigenvalue weighted by Gasteiger charge is 2.38. The highest BCUT2D eigenvalue weighted by atomic mass is 16.6. The smallest absolute Gasteiger partial charge is 0.318 e. The molecule has 1 aliphatic rings. The summed E-state index contributed by atoms with van der Waals surface area (Å²) in [6, 6.07) is 9.51. The van der Waals surface area contributed by atoms with Gasteiger partial charge in [0.05, 0.1) is 7.11 Å².